The number of unbranched alkanes of at least 4 members (excludes halogenated alkanes) is 3. The first kappa shape index (κ1) is 22.7. The summed E-state index contributed by atoms with van der Waals surface area (Å²) in [5, 5.41) is 0.848. The minimum atomic E-state index is -0.204. The van der Waals surface area contributed by atoms with Crippen LogP contribution in [0, 0.1) is 0 Å². The average molecular weight is 424 g/mol. The molecular formula is C26H33NO4. The smallest absolute Gasteiger partial charge is 0.297 e. The minimum absolute atomic E-state index is 0.124. The van der Waals surface area contributed by atoms with Gasteiger partial charge in [0, 0.05) is 18.5 Å². The number of hydrogen-bond acceptors (Lipinski definition) is 4. The van der Waals surface area contributed by atoms with Gasteiger partial charge in [-0.2, -0.15) is 0 Å². The molecule has 1 heterocycles. The van der Waals surface area contributed by atoms with Gasteiger partial charge in [-0.25, -0.2) is 0 Å². The van der Waals surface area contributed by atoms with E-state index in [0.29, 0.717) is 24.7 Å². The van der Waals surface area contributed by atoms with Crippen molar-refractivity contribution in [1.82, 2.24) is 4.57 Å². The third-order valence-electron chi connectivity index (χ3n) is 5.13. The van der Waals surface area contributed by atoms with Gasteiger partial charge >= 0.3 is 0 Å². The zero-order valence-corrected chi connectivity index (χ0v) is 19.0. The van der Waals surface area contributed by atoms with Gasteiger partial charge in [-0.05, 0) is 38.0 Å². The van der Waals surface area contributed by atoms with Crippen LogP contribution in [0.15, 0.2) is 53.3 Å². The molecule has 166 valence electrons. The Kier molecular flexibility index (Phi) is 7.99. The van der Waals surface area contributed by atoms with Crippen molar-refractivity contribution in [3.05, 3.63) is 64.4 Å². The predicted octanol–water partition coefficient (Wildman–Crippen LogP) is 5.86. The molecular weight excluding hydrogens is 390 g/mol. The molecule has 5 heteroatoms. The number of ether oxygens (including phenoxy) is 3. The fourth-order valence-corrected chi connectivity index (χ4v) is 3.48. The monoisotopic (exact) mass is 423 g/mol. The van der Waals surface area contributed by atoms with Gasteiger partial charge in [0.25, 0.3) is 5.56 Å². The van der Waals surface area contributed by atoms with Crippen LogP contribution in [0.2, 0.25) is 0 Å². The number of aromatic nitrogens is 1. The molecule has 0 amide bonds. The van der Waals surface area contributed by atoms with Crippen LogP contribution in [0.1, 0.15) is 52.0 Å². The molecule has 0 spiro atoms. The molecule has 5 nitrogen and oxygen atoms in total. The lowest BCUT2D eigenvalue weighted by molar-refractivity contribution is 0.216. The minimum Gasteiger partial charge on any atom is -0.489 e. The molecule has 3 aromatic rings. The highest BCUT2D eigenvalue weighted by Gasteiger charge is 2.20. The number of nitrogens with zero attached hydrogens (tertiary/aromatic N) is 1. The standard InChI is InChI=1S/C26H33NO4/c1-5-6-7-11-16-29-24-22-15-14-21(30-18-20-12-9-8-10-13-20)17-23(22)27(4)26(28)25(24)31-19(2)3/h8-10,12-15,17,19H,5-7,11,16,18H2,1-4H3. The van der Waals surface area contributed by atoms with Gasteiger partial charge in [-0.3, -0.25) is 4.79 Å². The first-order valence-electron chi connectivity index (χ1n) is 11.1. The molecule has 0 aliphatic carbocycles. The van der Waals surface area contributed by atoms with Gasteiger partial charge in [0.15, 0.2) is 5.75 Å². The van der Waals surface area contributed by atoms with Crippen molar-refractivity contribution in [1.29, 1.82) is 0 Å². The number of rotatable bonds is 11. The average Bonchev–Trinajstić information content (AvgIpc) is 2.78. The topological polar surface area (TPSA) is 49.7 Å². The van der Waals surface area contributed by atoms with E-state index in [4.69, 9.17) is 14.2 Å². The first-order chi connectivity index (χ1) is 15.0. The lowest BCUT2D eigenvalue weighted by atomic mass is 10.1. The summed E-state index contributed by atoms with van der Waals surface area (Å²) in [7, 11) is 1.75. The molecule has 0 aliphatic rings. The largest absolute Gasteiger partial charge is 0.489 e. The normalized spacial score (nSPS) is 11.1. The van der Waals surface area contributed by atoms with Crippen LogP contribution in [0.5, 0.6) is 17.2 Å². The highest BCUT2D eigenvalue weighted by Crippen LogP contribution is 2.35. The summed E-state index contributed by atoms with van der Waals surface area (Å²) in [4.78, 5) is 13.1. The molecule has 31 heavy (non-hydrogen) atoms. The maximum absolute atomic E-state index is 13.1. The molecule has 0 aliphatic heterocycles. The Bertz CT molecular complexity index is 1040. The zero-order chi connectivity index (χ0) is 22.2. The molecule has 3 rings (SSSR count). The SMILES string of the molecule is CCCCCCOc1c(OC(C)C)c(=O)n(C)c2cc(OCc3ccccc3)ccc12. The molecule has 1 aromatic heterocycles. The lowest BCUT2D eigenvalue weighted by Gasteiger charge is -2.19. The number of benzene rings is 2. The van der Waals surface area contributed by atoms with Crippen molar-refractivity contribution in [3.8, 4) is 17.2 Å². The molecule has 0 radical (unpaired) electrons. The Morgan fingerprint density at radius 1 is 0.935 bits per heavy atom. The van der Waals surface area contributed by atoms with E-state index in [0.717, 1.165) is 29.3 Å². The van der Waals surface area contributed by atoms with Crippen molar-refractivity contribution in [2.75, 3.05) is 6.61 Å². The number of fused-ring (bicyclic) bond motifs is 1. The van der Waals surface area contributed by atoms with Crippen molar-refractivity contribution in [2.24, 2.45) is 7.05 Å². The van der Waals surface area contributed by atoms with E-state index in [2.05, 4.69) is 6.92 Å². The first-order valence-corrected chi connectivity index (χ1v) is 11.1. The van der Waals surface area contributed by atoms with Gasteiger partial charge in [-0.15, -0.1) is 0 Å². The number of hydrogen-bond donors (Lipinski definition) is 0. The van der Waals surface area contributed by atoms with E-state index in [-0.39, 0.29) is 17.4 Å². The summed E-state index contributed by atoms with van der Waals surface area (Å²) in [6, 6.07) is 15.8. The Labute approximate surface area is 184 Å². The Hall–Kier alpha value is -2.95. The predicted molar refractivity (Wildman–Crippen MR) is 125 cm³/mol. The number of pyridine rings is 1. The second-order valence-corrected chi connectivity index (χ2v) is 8.05. The van der Waals surface area contributed by atoms with E-state index in [1.807, 2.05) is 62.4 Å². The van der Waals surface area contributed by atoms with Crippen molar-refractivity contribution >= 4 is 10.9 Å². The number of aryl methyl sites for hydroxylation is 1. The summed E-state index contributed by atoms with van der Waals surface area (Å²) in [5.74, 6) is 1.51. The van der Waals surface area contributed by atoms with E-state index in [1.165, 1.54) is 12.8 Å². The van der Waals surface area contributed by atoms with Crippen LogP contribution in [-0.2, 0) is 13.7 Å². The molecule has 0 bridgehead atoms. The molecule has 0 unspecified atom stereocenters. The summed E-state index contributed by atoms with van der Waals surface area (Å²) in [6.45, 7) is 7.03. The van der Waals surface area contributed by atoms with E-state index in [9.17, 15) is 4.79 Å². The van der Waals surface area contributed by atoms with Crippen LogP contribution >= 0.6 is 0 Å². The quantitative estimate of drug-likeness (QED) is 0.362. The molecule has 0 atom stereocenters. The zero-order valence-electron chi connectivity index (χ0n) is 19.0. The second-order valence-electron chi connectivity index (χ2n) is 8.05. The molecule has 0 fully saturated rings. The highest BCUT2D eigenvalue weighted by atomic mass is 16.5. The second kappa shape index (κ2) is 10.9. The molecule has 2 aromatic carbocycles. The summed E-state index contributed by atoms with van der Waals surface area (Å²) >= 11 is 0. The van der Waals surface area contributed by atoms with E-state index < -0.39 is 0 Å². The van der Waals surface area contributed by atoms with Crippen LogP contribution in [-0.4, -0.2) is 17.3 Å². The van der Waals surface area contributed by atoms with Crippen LogP contribution < -0.4 is 19.8 Å². The van der Waals surface area contributed by atoms with Crippen LogP contribution in [0.25, 0.3) is 10.9 Å². The van der Waals surface area contributed by atoms with Gasteiger partial charge < -0.3 is 18.8 Å². The summed E-state index contributed by atoms with van der Waals surface area (Å²) < 4.78 is 19.6. The third kappa shape index (κ3) is 5.81. The van der Waals surface area contributed by atoms with Gasteiger partial charge in [0.2, 0.25) is 5.75 Å². The van der Waals surface area contributed by atoms with Crippen LogP contribution in [0.3, 0.4) is 0 Å². The van der Waals surface area contributed by atoms with Crippen molar-refractivity contribution in [3.63, 3.8) is 0 Å². The molecule has 0 saturated heterocycles. The summed E-state index contributed by atoms with van der Waals surface area (Å²) in [5.41, 5.74) is 1.65. The van der Waals surface area contributed by atoms with Crippen molar-refractivity contribution in [2.45, 2.75) is 59.2 Å². The van der Waals surface area contributed by atoms with Gasteiger partial charge in [0.1, 0.15) is 12.4 Å². The fourth-order valence-electron chi connectivity index (χ4n) is 3.48. The molecule has 0 saturated carbocycles. The van der Waals surface area contributed by atoms with E-state index in [1.54, 1.807) is 11.6 Å². The van der Waals surface area contributed by atoms with Gasteiger partial charge in [0.05, 0.1) is 18.2 Å². The fraction of sp³-hybridized carbons (Fsp3) is 0.423. The maximum Gasteiger partial charge on any atom is 0.297 e. The van der Waals surface area contributed by atoms with Gasteiger partial charge in [-0.1, -0.05) is 56.5 Å². The highest BCUT2D eigenvalue weighted by molar-refractivity contribution is 5.89. The van der Waals surface area contributed by atoms with Crippen molar-refractivity contribution < 1.29 is 14.2 Å². The van der Waals surface area contributed by atoms with Crippen LogP contribution in [0.4, 0.5) is 0 Å². The Morgan fingerprint density at radius 3 is 2.42 bits per heavy atom. The Balaban J connectivity index is 1.93. The lowest BCUT2D eigenvalue weighted by Crippen LogP contribution is -2.23. The maximum atomic E-state index is 13.1. The third-order valence-corrected chi connectivity index (χ3v) is 5.13. The Morgan fingerprint density at radius 2 is 1.71 bits per heavy atom. The summed E-state index contributed by atoms with van der Waals surface area (Å²) in [6.07, 6.45) is 4.28. The molecule has 0 N–H and O–H groups in total. The van der Waals surface area contributed by atoms with E-state index >= 15 is 0 Å².